The predicted molar refractivity (Wildman–Crippen MR) is 79.6 cm³/mol. The first-order valence-electron chi connectivity index (χ1n) is 7.05. The number of rotatable bonds is 3. The summed E-state index contributed by atoms with van der Waals surface area (Å²) in [6.45, 7) is 0.114. The van der Waals surface area contributed by atoms with Crippen LogP contribution in [0.25, 0.3) is 0 Å². The molecule has 6 heteroatoms. The second-order valence-corrected chi connectivity index (χ2v) is 5.26. The van der Waals surface area contributed by atoms with Crippen LogP contribution < -0.4 is 4.74 Å². The molecule has 0 bridgehead atoms. The molecule has 5 nitrogen and oxygen atoms in total. The number of benzene rings is 2. The Labute approximate surface area is 131 Å². The molecule has 23 heavy (non-hydrogen) atoms. The van der Waals surface area contributed by atoms with Gasteiger partial charge in [0.1, 0.15) is 11.6 Å². The minimum Gasteiger partial charge on any atom is -0.483 e. The molecule has 3 rings (SSSR count). The lowest BCUT2D eigenvalue weighted by Crippen LogP contribution is -2.32. The molecular formula is C17H14FNO4. The van der Waals surface area contributed by atoms with E-state index in [-0.39, 0.29) is 37.0 Å². The van der Waals surface area contributed by atoms with E-state index in [1.165, 1.54) is 23.1 Å². The number of carbonyl (C=O) groups is 2. The molecule has 1 aliphatic heterocycles. The van der Waals surface area contributed by atoms with Crippen molar-refractivity contribution in [2.24, 2.45) is 0 Å². The molecule has 0 radical (unpaired) electrons. The summed E-state index contributed by atoms with van der Waals surface area (Å²) < 4.78 is 19.2. The SMILES string of the molecule is O=C(O)c1ccc2c(c1)CN(Cc1ccccc1F)C(=O)CO2. The quantitative estimate of drug-likeness (QED) is 0.945. The largest absolute Gasteiger partial charge is 0.483 e. The first kappa shape index (κ1) is 15.0. The zero-order chi connectivity index (χ0) is 16.4. The molecular weight excluding hydrogens is 301 g/mol. The van der Waals surface area contributed by atoms with Crippen molar-refractivity contribution in [3.8, 4) is 5.75 Å². The highest BCUT2D eigenvalue weighted by molar-refractivity contribution is 5.88. The maximum absolute atomic E-state index is 13.8. The number of carbonyl (C=O) groups excluding carboxylic acids is 1. The van der Waals surface area contributed by atoms with Gasteiger partial charge in [-0.2, -0.15) is 0 Å². The van der Waals surface area contributed by atoms with E-state index in [1.54, 1.807) is 24.3 Å². The molecule has 0 saturated carbocycles. The van der Waals surface area contributed by atoms with Crippen LogP contribution in [0.15, 0.2) is 42.5 Å². The molecule has 0 unspecified atom stereocenters. The zero-order valence-corrected chi connectivity index (χ0v) is 12.2. The molecule has 0 aliphatic carbocycles. The number of nitrogens with zero attached hydrogens (tertiary/aromatic N) is 1. The van der Waals surface area contributed by atoms with Gasteiger partial charge in [0.15, 0.2) is 6.61 Å². The highest BCUT2D eigenvalue weighted by Gasteiger charge is 2.23. The number of hydrogen-bond donors (Lipinski definition) is 1. The average molecular weight is 315 g/mol. The third-order valence-electron chi connectivity index (χ3n) is 3.69. The van der Waals surface area contributed by atoms with Crippen LogP contribution in [0.2, 0.25) is 0 Å². The van der Waals surface area contributed by atoms with Gasteiger partial charge in [-0.1, -0.05) is 18.2 Å². The Bertz CT molecular complexity index is 775. The number of carboxylic acids is 1. The summed E-state index contributed by atoms with van der Waals surface area (Å²) in [5.74, 6) is -1.24. The van der Waals surface area contributed by atoms with E-state index in [0.29, 0.717) is 16.9 Å². The van der Waals surface area contributed by atoms with Gasteiger partial charge in [0, 0.05) is 24.2 Å². The maximum Gasteiger partial charge on any atom is 0.335 e. The minimum absolute atomic E-state index is 0.103. The number of halogens is 1. The highest BCUT2D eigenvalue weighted by Crippen LogP contribution is 2.26. The van der Waals surface area contributed by atoms with E-state index in [4.69, 9.17) is 9.84 Å². The van der Waals surface area contributed by atoms with Crippen LogP contribution in [-0.4, -0.2) is 28.5 Å². The second-order valence-electron chi connectivity index (χ2n) is 5.26. The van der Waals surface area contributed by atoms with Gasteiger partial charge in [-0.05, 0) is 24.3 Å². The van der Waals surface area contributed by atoms with Gasteiger partial charge in [0.05, 0.1) is 5.56 Å². The Morgan fingerprint density at radius 2 is 2.04 bits per heavy atom. The predicted octanol–water partition coefficient (Wildman–Crippen LogP) is 2.45. The lowest BCUT2D eigenvalue weighted by molar-refractivity contribution is -0.133. The Morgan fingerprint density at radius 3 is 2.78 bits per heavy atom. The number of ether oxygens (including phenoxy) is 1. The number of fused-ring (bicyclic) bond motifs is 1. The molecule has 0 fully saturated rings. The van der Waals surface area contributed by atoms with Crippen LogP contribution in [0.3, 0.4) is 0 Å². The third-order valence-corrected chi connectivity index (χ3v) is 3.69. The fourth-order valence-corrected chi connectivity index (χ4v) is 2.48. The van der Waals surface area contributed by atoms with Crippen LogP contribution in [-0.2, 0) is 17.9 Å². The second kappa shape index (κ2) is 6.08. The first-order chi connectivity index (χ1) is 11.0. The third kappa shape index (κ3) is 3.15. The van der Waals surface area contributed by atoms with E-state index in [9.17, 15) is 14.0 Å². The van der Waals surface area contributed by atoms with Gasteiger partial charge in [-0.15, -0.1) is 0 Å². The van der Waals surface area contributed by atoms with Crippen molar-refractivity contribution in [1.29, 1.82) is 0 Å². The number of carboxylic acid groups (broad SMARTS) is 1. The number of aromatic carboxylic acids is 1. The normalized spacial score (nSPS) is 14.0. The van der Waals surface area contributed by atoms with Crippen molar-refractivity contribution in [2.75, 3.05) is 6.61 Å². The van der Waals surface area contributed by atoms with Crippen molar-refractivity contribution >= 4 is 11.9 Å². The topological polar surface area (TPSA) is 66.8 Å². The lowest BCUT2D eigenvalue weighted by atomic mass is 10.1. The minimum atomic E-state index is -1.05. The fraction of sp³-hybridized carbons (Fsp3) is 0.176. The van der Waals surface area contributed by atoms with Crippen LogP contribution >= 0.6 is 0 Å². The van der Waals surface area contributed by atoms with Crippen molar-refractivity contribution in [3.05, 3.63) is 65.0 Å². The van der Waals surface area contributed by atoms with E-state index < -0.39 is 5.97 Å². The van der Waals surface area contributed by atoms with Crippen molar-refractivity contribution in [1.82, 2.24) is 4.90 Å². The highest BCUT2D eigenvalue weighted by atomic mass is 19.1. The van der Waals surface area contributed by atoms with E-state index >= 15 is 0 Å². The first-order valence-corrected chi connectivity index (χ1v) is 7.05. The monoisotopic (exact) mass is 315 g/mol. The van der Waals surface area contributed by atoms with Gasteiger partial charge in [0.25, 0.3) is 5.91 Å². The lowest BCUT2D eigenvalue weighted by Gasteiger charge is -2.20. The smallest absolute Gasteiger partial charge is 0.335 e. The summed E-state index contributed by atoms with van der Waals surface area (Å²) >= 11 is 0. The van der Waals surface area contributed by atoms with Crippen molar-refractivity contribution in [3.63, 3.8) is 0 Å². The van der Waals surface area contributed by atoms with Gasteiger partial charge in [-0.25, -0.2) is 9.18 Å². The van der Waals surface area contributed by atoms with Gasteiger partial charge in [-0.3, -0.25) is 4.79 Å². The Morgan fingerprint density at radius 1 is 1.26 bits per heavy atom. The Balaban J connectivity index is 1.90. The maximum atomic E-state index is 13.8. The summed E-state index contributed by atoms with van der Waals surface area (Å²) in [5, 5.41) is 9.08. The Kier molecular flexibility index (Phi) is 3.97. The summed E-state index contributed by atoms with van der Waals surface area (Å²) in [5.41, 5.74) is 1.11. The van der Waals surface area contributed by atoms with E-state index in [1.807, 2.05) is 0 Å². The van der Waals surface area contributed by atoms with E-state index in [0.717, 1.165) is 0 Å². The summed E-state index contributed by atoms with van der Waals surface area (Å²) in [6, 6.07) is 10.7. The van der Waals surface area contributed by atoms with Gasteiger partial charge in [0.2, 0.25) is 0 Å². The van der Waals surface area contributed by atoms with Crippen LogP contribution in [0, 0.1) is 5.82 Å². The molecule has 0 atom stereocenters. The summed E-state index contributed by atoms with van der Waals surface area (Å²) in [4.78, 5) is 24.7. The molecule has 118 valence electrons. The van der Waals surface area contributed by atoms with Crippen molar-refractivity contribution in [2.45, 2.75) is 13.1 Å². The van der Waals surface area contributed by atoms with Gasteiger partial charge >= 0.3 is 5.97 Å². The standard InChI is InChI=1S/C17H14FNO4/c18-14-4-2-1-3-12(14)8-19-9-13-7-11(17(21)22)5-6-15(13)23-10-16(19)20/h1-7H,8-10H2,(H,21,22). The summed E-state index contributed by atoms with van der Waals surface area (Å²) in [7, 11) is 0. The molecule has 2 aromatic rings. The molecule has 0 saturated heterocycles. The number of amides is 1. The van der Waals surface area contributed by atoms with Crippen LogP contribution in [0.5, 0.6) is 5.75 Å². The molecule has 0 aromatic heterocycles. The molecule has 1 amide bonds. The van der Waals surface area contributed by atoms with E-state index in [2.05, 4.69) is 0 Å². The number of hydrogen-bond acceptors (Lipinski definition) is 3. The molecule has 1 aliphatic rings. The molecule has 1 N–H and O–H groups in total. The van der Waals surface area contributed by atoms with Crippen molar-refractivity contribution < 1.29 is 23.8 Å². The van der Waals surface area contributed by atoms with Crippen LogP contribution in [0.1, 0.15) is 21.5 Å². The fourth-order valence-electron chi connectivity index (χ4n) is 2.48. The summed E-state index contributed by atoms with van der Waals surface area (Å²) in [6.07, 6.45) is 0. The molecule has 1 heterocycles. The van der Waals surface area contributed by atoms with Crippen LogP contribution in [0.4, 0.5) is 4.39 Å². The average Bonchev–Trinajstić information content (AvgIpc) is 2.68. The molecule has 2 aromatic carbocycles. The Hall–Kier alpha value is -2.89. The zero-order valence-electron chi connectivity index (χ0n) is 12.2. The molecule has 0 spiro atoms. The van der Waals surface area contributed by atoms with Gasteiger partial charge < -0.3 is 14.7 Å².